The molecule has 1 aromatic heterocycles. The molecule has 4 amide bonds. The number of nitrogens with zero attached hydrogens (tertiary/aromatic N) is 2. The van der Waals surface area contributed by atoms with E-state index in [1.807, 2.05) is 38.1 Å². The quantitative estimate of drug-likeness (QED) is 0.238. The van der Waals surface area contributed by atoms with E-state index >= 15 is 0 Å². The van der Waals surface area contributed by atoms with Crippen molar-refractivity contribution in [2.45, 2.75) is 109 Å². The zero-order valence-electron chi connectivity index (χ0n) is 27.3. The molecule has 0 bridgehead atoms. The zero-order valence-corrected chi connectivity index (χ0v) is 27.3. The van der Waals surface area contributed by atoms with E-state index in [9.17, 15) is 28.8 Å². The topological polar surface area (TPSA) is 156 Å². The monoisotopic (exact) mass is 637 g/mol. The predicted octanol–water partition coefficient (Wildman–Crippen LogP) is 2.25. The number of aromatic nitrogens is 1. The molecule has 0 spiro atoms. The maximum absolute atomic E-state index is 14.0. The molecule has 3 N–H and O–H groups in total. The number of piperidine rings is 1. The van der Waals surface area contributed by atoms with E-state index in [1.165, 1.54) is 6.92 Å². The molecule has 12 nitrogen and oxygen atoms in total. The number of hydrogen-bond acceptors (Lipinski definition) is 7. The molecule has 12 heteroatoms. The van der Waals surface area contributed by atoms with Gasteiger partial charge in [-0.25, -0.2) is 0 Å². The Balaban J connectivity index is 1.65. The summed E-state index contributed by atoms with van der Waals surface area (Å²) >= 11 is 0. The molecule has 3 heterocycles. The Hall–Kier alpha value is -4.22. The maximum atomic E-state index is 14.0. The summed E-state index contributed by atoms with van der Waals surface area (Å²) in [5.74, 6) is -2.80. The van der Waals surface area contributed by atoms with E-state index in [2.05, 4.69) is 16.0 Å². The first kappa shape index (κ1) is 34.6. The van der Waals surface area contributed by atoms with Crippen LogP contribution in [0.25, 0.3) is 10.9 Å². The number of carbonyl (C=O) groups is 6. The van der Waals surface area contributed by atoms with Crippen LogP contribution >= 0.6 is 0 Å². The number of benzene rings is 1. The van der Waals surface area contributed by atoms with Crippen LogP contribution in [0.1, 0.15) is 84.1 Å². The van der Waals surface area contributed by atoms with E-state index in [-0.39, 0.29) is 31.1 Å². The second-order valence-electron chi connectivity index (χ2n) is 12.5. The lowest BCUT2D eigenvalue weighted by Crippen LogP contribution is -2.64. The van der Waals surface area contributed by atoms with Gasteiger partial charge in [-0.05, 0) is 49.7 Å². The first-order valence-corrected chi connectivity index (χ1v) is 16.4. The lowest BCUT2D eigenvalue weighted by Gasteiger charge is -2.39. The Morgan fingerprint density at radius 2 is 1.67 bits per heavy atom. The van der Waals surface area contributed by atoms with Crippen LogP contribution in [0.15, 0.2) is 30.5 Å². The fourth-order valence-electron chi connectivity index (χ4n) is 6.34. The highest BCUT2D eigenvalue weighted by Crippen LogP contribution is 2.24. The number of Topliss-reactive ketones (excluding diaryl/α,β-unsaturated/α-hetero) is 2. The number of rotatable bonds is 12. The molecule has 0 saturated carbocycles. The molecule has 2 aromatic rings. The van der Waals surface area contributed by atoms with Gasteiger partial charge in [0.05, 0.1) is 5.52 Å². The Morgan fingerprint density at radius 1 is 0.957 bits per heavy atom. The van der Waals surface area contributed by atoms with Crippen LogP contribution in [-0.2, 0) is 35.2 Å². The van der Waals surface area contributed by atoms with Gasteiger partial charge >= 0.3 is 0 Å². The van der Waals surface area contributed by atoms with Gasteiger partial charge in [0.1, 0.15) is 31.3 Å². The van der Waals surface area contributed by atoms with Crippen molar-refractivity contribution in [3.63, 3.8) is 0 Å². The van der Waals surface area contributed by atoms with Gasteiger partial charge < -0.3 is 25.7 Å². The summed E-state index contributed by atoms with van der Waals surface area (Å²) in [5.41, 5.74) is 1.57. The fraction of sp³-hybridized carbons (Fsp3) is 0.588. The molecule has 5 atom stereocenters. The van der Waals surface area contributed by atoms with Gasteiger partial charge in [-0.2, -0.15) is 4.73 Å². The molecular formula is C34H47N5O7. The standard InChI is InChI=1S/C34H47N5O7/c1-5-21(2)30-34(45)38-18-12-11-16-28(38)33(44)35-25(14-7-6-8-17-29(41)22(3)40)31(42)36-26(32(43)37-30)19-23-20-39(46-4)27-15-10-9-13-24(23)27/h9-10,13,15,20-21,25-26,28,30H,5-8,11-12,14,16-19H2,1-4H3,(H,35,44)(H,36,42)(H,37,43)/t21-,25-,26-,28+,30-/m0/s1. The second kappa shape index (κ2) is 15.9. The molecule has 46 heavy (non-hydrogen) atoms. The molecule has 0 aliphatic carbocycles. The Bertz CT molecular complexity index is 1450. The van der Waals surface area contributed by atoms with Crippen LogP contribution in [0.2, 0.25) is 0 Å². The third kappa shape index (κ3) is 8.13. The molecule has 1 aromatic carbocycles. The third-order valence-electron chi connectivity index (χ3n) is 9.30. The summed E-state index contributed by atoms with van der Waals surface area (Å²) < 4.78 is 1.60. The number of nitrogens with one attached hydrogen (secondary N) is 3. The molecule has 2 aliphatic rings. The van der Waals surface area contributed by atoms with Gasteiger partial charge in [0.2, 0.25) is 23.6 Å². The lowest BCUT2D eigenvalue weighted by molar-refractivity contribution is -0.147. The van der Waals surface area contributed by atoms with Gasteiger partial charge in [0, 0.05) is 37.9 Å². The van der Waals surface area contributed by atoms with Crippen molar-refractivity contribution < 1.29 is 33.6 Å². The Morgan fingerprint density at radius 3 is 2.39 bits per heavy atom. The summed E-state index contributed by atoms with van der Waals surface area (Å²) in [7, 11) is 1.54. The summed E-state index contributed by atoms with van der Waals surface area (Å²) in [6, 6.07) is 3.95. The van der Waals surface area contributed by atoms with Crippen molar-refractivity contribution in [2.24, 2.45) is 5.92 Å². The van der Waals surface area contributed by atoms with Gasteiger partial charge in [-0.3, -0.25) is 28.8 Å². The van der Waals surface area contributed by atoms with Crippen LogP contribution in [0.5, 0.6) is 0 Å². The Kier molecular flexibility index (Phi) is 11.9. The first-order chi connectivity index (χ1) is 22.0. The molecule has 2 saturated heterocycles. The molecule has 4 rings (SSSR count). The second-order valence-corrected chi connectivity index (χ2v) is 12.5. The molecule has 0 unspecified atom stereocenters. The minimum atomic E-state index is -1.05. The maximum Gasteiger partial charge on any atom is 0.246 e. The largest absolute Gasteiger partial charge is 0.417 e. The van der Waals surface area contributed by atoms with Gasteiger partial charge in [-0.1, -0.05) is 51.3 Å². The van der Waals surface area contributed by atoms with Crippen LogP contribution < -0.4 is 20.8 Å². The third-order valence-corrected chi connectivity index (χ3v) is 9.30. The summed E-state index contributed by atoms with van der Waals surface area (Å²) in [5, 5.41) is 9.61. The number of carbonyl (C=O) groups excluding carboxylic acids is 6. The summed E-state index contributed by atoms with van der Waals surface area (Å²) in [6.45, 7) is 5.48. The minimum Gasteiger partial charge on any atom is -0.417 e. The van der Waals surface area contributed by atoms with E-state index in [1.54, 1.807) is 22.9 Å². The summed E-state index contributed by atoms with van der Waals surface area (Å²) in [6.07, 6.45) is 6.45. The number of hydrogen-bond donors (Lipinski definition) is 3. The van der Waals surface area contributed by atoms with E-state index < -0.39 is 53.5 Å². The average molecular weight is 638 g/mol. The van der Waals surface area contributed by atoms with Crippen LogP contribution in [0, 0.1) is 5.92 Å². The van der Waals surface area contributed by atoms with Gasteiger partial charge in [0.15, 0.2) is 11.6 Å². The molecule has 0 radical (unpaired) electrons. The van der Waals surface area contributed by atoms with Gasteiger partial charge in [0.25, 0.3) is 0 Å². The normalized spacial score (nSPS) is 23.3. The molecule has 2 fully saturated rings. The van der Waals surface area contributed by atoms with Crippen molar-refractivity contribution in [3.05, 3.63) is 36.0 Å². The molecule has 250 valence electrons. The smallest absolute Gasteiger partial charge is 0.246 e. The molecular weight excluding hydrogens is 590 g/mol. The number of unbranched alkanes of at least 4 members (excludes halogenated alkanes) is 2. The Labute approximate surface area is 269 Å². The highest BCUT2D eigenvalue weighted by molar-refractivity contribution is 6.36. The number of fused-ring (bicyclic) bond motifs is 2. The number of ketones is 2. The highest BCUT2D eigenvalue weighted by Gasteiger charge is 2.40. The van der Waals surface area contributed by atoms with Crippen molar-refractivity contribution in [2.75, 3.05) is 13.7 Å². The first-order valence-electron chi connectivity index (χ1n) is 16.4. The lowest BCUT2D eigenvalue weighted by atomic mass is 9.93. The zero-order chi connectivity index (χ0) is 33.4. The minimum absolute atomic E-state index is 0.121. The summed E-state index contributed by atoms with van der Waals surface area (Å²) in [4.78, 5) is 85.8. The van der Waals surface area contributed by atoms with Gasteiger partial charge in [-0.15, -0.1) is 0 Å². The predicted molar refractivity (Wildman–Crippen MR) is 172 cm³/mol. The highest BCUT2D eigenvalue weighted by atomic mass is 16.6. The number of para-hydroxylation sites is 1. The average Bonchev–Trinajstić information content (AvgIpc) is 3.41. The fourth-order valence-corrected chi connectivity index (χ4v) is 6.34. The van der Waals surface area contributed by atoms with E-state index in [0.717, 1.165) is 29.3 Å². The van der Waals surface area contributed by atoms with E-state index in [0.29, 0.717) is 38.6 Å². The van der Waals surface area contributed by atoms with E-state index in [4.69, 9.17) is 4.84 Å². The van der Waals surface area contributed by atoms with Crippen molar-refractivity contribution in [1.29, 1.82) is 0 Å². The molecule has 2 aliphatic heterocycles. The SMILES string of the molecule is CC[C@H](C)[C@@H]1NC(=O)[C@H](Cc2cn(OC)c3ccccc23)NC(=O)[C@H](CCCCCC(=O)C(C)=O)NC(=O)[C@H]2CCCCN2C1=O. The van der Waals surface area contributed by atoms with Crippen LogP contribution in [0.3, 0.4) is 0 Å². The van der Waals surface area contributed by atoms with Crippen molar-refractivity contribution in [1.82, 2.24) is 25.6 Å². The van der Waals surface area contributed by atoms with Crippen molar-refractivity contribution >= 4 is 46.1 Å². The van der Waals surface area contributed by atoms with Crippen LogP contribution in [0.4, 0.5) is 0 Å². The van der Waals surface area contributed by atoms with Crippen molar-refractivity contribution in [3.8, 4) is 0 Å². The van der Waals surface area contributed by atoms with Crippen LogP contribution in [-0.4, -0.2) is 82.6 Å². The number of amides is 4.